The number of hydrogen-bond donors (Lipinski definition) is 0. The van der Waals surface area contributed by atoms with Crippen LogP contribution in [0.2, 0.25) is 0 Å². The maximum atomic E-state index is 13.0. The molecule has 0 radical (unpaired) electrons. The fraction of sp³-hybridized carbons (Fsp3) is 0.250. The standard InChI is InChI=1S/C16H16N4O4/c1-11-3-14(15(22-2)4-17-11)16(21)20(5-12-7-23-9-18-12)6-13-8-24-10-19-13/h3-4,7-10H,5-6H2,1-2H3. The fourth-order valence-electron chi connectivity index (χ4n) is 2.27. The molecule has 3 aromatic heterocycles. The monoisotopic (exact) mass is 328 g/mol. The first-order valence-electron chi connectivity index (χ1n) is 7.21. The first-order chi connectivity index (χ1) is 11.7. The molecular weight excluding hydrogens is 312 g/mol. The molecule has 3 rings (SSSR count). The Kier molecular flexibility index (Phi) is 4.55. The number of carbonyl (C=O) groups excluding carboxylic acids is 1. The Morgan fingerprint density at radius 3 is 2.25 bits per heavy atom. The number of amides is 1. The predicted molar refractivity (Wildman–Crippen MR) is 82.1 cm³/mol. The summed E-state index contributed by atoms with van der Waals surface area (Å²) in [5, 5.41) is 0. The normalized spacial score (nSPS) is 10.6. The molecule has 0 unspecified atom stereocenters. The van der Waals surface area contributed by atoms with Gasteiger partial charge in [0.15, 0.2) is 12.8 Å². The first-order valence-corrected chi connectivity index (χ1v) is 7.21. The van der Waals surface area contributed by atoms with E-state index in [1.54, 1.807) is 11.0 Å². The van der Waals surface area contributed by atoms with Gasteiger partial charge < -0.3 is 18.5 Å². The quantitative estimate of drug-likeness (QED) is 0.684. The van der Waals surface area contributed by atoms with Crippen molar-refractivity contribution in [1.82, 2.24) is 19.9 Å². The predicted octanol–water partition coefficient (Wildman–Crippen LogP) is 2.22. The third kappa shape index (κ3) is 3.43. The van der Waals surface area contributed by atoms with Gasteiger partial charge in [-0.05, 0) is 13.0 Å². The van der Waals surface area contributed by atoms with Crippen LogP contribution in [0.4, 0.5) is 0 Å². The number of nitrogens with zero attached hydrogens (tertiary/aromatic N) is 4. The molecule has 0 aliphatic heterocycles. The highest BCUT2D eigenvalue weighted by atomic mass is 16.5. The van der Waals surface area contributed by atoms with Crippen LogP contribution >= 0.6 is 0 Å². The summed E-state index contributed by atoms with van der Waals surface area (Å²) in [6.07, 6.45) is 7.18. The fourth-order valence-corrected chi connectivity index (χ4v) is 2.27. The third-order valence-corrected chi connectivity index (χ3v) is 3.41. The Hall–Kier alpha value is -3.16. The molecule has 0 aromatic carbocycles. The van der Waals surface area contributed by atoms with Crippen molar-refractivity contribution >= 4 is 5.91 Å². The Morgan fingerprint density at radius 2 is 1.75 bits per heavy atom. The SMILES string of the molecule is COc1cnc(C)cc1C(=O)N(Cc1cocn1)Cc1cocn1. The van der Waals surface area contributed by atoms with E-state index in [0.29, 0.717) is 22.7 Å². The molecule has 0 aliphatic carbocycles. The average Bonchev–Trinajstić information content (AvgIpc) is 3.27. The van der Waals surface area contributed by atoms with Crippen LogP contribution in [-0.2, 0) is 13.1 Å². The van der Waals surface area contributed by atoms with E-state index in [2.05, 4.69) is 15.0 Å². The van der Waals surface area contributed by atoms with Gasteiger partial charge in [0.2, 0.25) is 0 Å². The van der Waals surface area contributed by atoms with Crippen molar-refractivity contribution in [2.75, 3.05) is 7.11 Å². The second kappa shape index (κ2) is 6.95. The highest BCUT2D eigenvalue weighted by molar-refractivity contribution is 5.96. The molecule has 0 bridgehead atoms. The summed E-state index contributed by atoms with van der Waals surface area (Å²) in [7, 11) is 1.50. The van der Waals surface area contributed by atoms with E-state index in [0.717, 1.165) is 5.69 Å². The van der Waals surface area contributed by atoms with Crippen molar-refractivity contribution in [3.8, 4) is 5.75 Å². The molecule has 0 spiro atoms. The van der Waals surface area contributed by atoms with Crippen LogP contribution in [0.3, 0.4) is 0 Å². The average molecular weight is 328 g/mol. The lowest BCUT2D eigenvalue weighted by molar-refractivity contribution is 0.0722. The summed E-state index contributed by atoms with van der Waals surface area (Å²) in [6, 6.07) is 1.69. The lowest BCUT2D eigenvalue weighted by atomic mass is 10.1. The van der Waals surface area contributed by atoms with E-state index in [-0.39, 0.29) is 19.0 Å². The Bertz CT molecular complexity index is 763. The summed E-state index contributed by atoms with van der Waals surface area (Å²) in [4.78, 5) is 26.9. The highest BCUT2D eigenvalue weighted by Crippen LogP contribution is 2.21. The van der Waals surface area contributed by atoms with E-state index in [1.807, 2.05) is 6.92 Å². The lowest BCUT2D eigenvalue weighted by Crippen LogP contribution is -2.31. The number of ether oxygens (including phenoxy) is 1. The maximum absolute atomic E-state index is 13.0. The minimum absolute atomic E-state index is 0.219. The van der Waals surface area contributed by atoms with Gasteiger partial charge in [0.1, 0.15) is 18.3 Å². The van der Waals surface area contributed by atoms with Crippen molar-refractivity contribution in [3.63, 3.8) is 0 Å². The van der Waals surface area contributed by atoms with Gasteiger partial charge in [0, 0.05) is 5.69 Å². The van der Waals surface area contributed by atoms with E-state index >= 15 is 0 Å². The van der Waals surface area contributed by atoms with Gasteiger partial charge in [-0.25, -0.2) is 9.97 Å². The van der Waals surface area contributed by atoms with E-state index in [4.69, 9.17) is 13.6 Å². The molecule has 8 nitrogen and oxygen atoms in total. The molecule has 1 amide bonds. The van der Waals surface area contributed by atoms with Crippen LogP contribution in [0.1, 0.15) is 27.4 Å². The number of aryl methyl sites for hydroxylation is 1. The van der Waals surface area contributed by atoms with Crippen LogP contribution in [0.15, 0.2) is 46.4 Å². The number of methoxy groups -OCH3 is 1. The van der Waals surface area contributed by atoms with Crippen LogP contribution in [0, 0.1) is 6.92 Å². The van der Waals surface area contributed by atoms with Crippen molar-refractivity contribution in [1.29, 1.82) is 0 Å². The number of hydrogen-bond acceptors (Lipinski definition) is 7. The molecule has 24 heavy (non-hydrogen) atoms. The smallest absolute Gasteiger partial charge is 0.258 e. The highest BCUT2D eigenvalue weighted by Gasteiger charge is 2.22. The maximum Gasteiger partial charge on any atom is 0.258 e. The summed E-state index contributed by atoms with van der Waals surface area (Å²) in [5.74, 6) is 0.194. The molecule has 8 heteroatoms. The number of aromatic nitrogens is 3. The molecule has 0 N–H and O–H groups in total. The van der Waals surface area contributed by atoms with Gasteiger partial charge >= 0.3 is 0 Å². The lowest BCUT2D eigenvalue weighted by Gasteiger charge is -2.21. The third-order valence-electron chi connectivity index (χ3n) is 3.41. The molecule has 0 saturated heterocycles. The number of carbonyl (C=O) groups is 1. The Morgan fingerprint density at radius 1 is 1.12 bits per heavy atom. The van der Waals surface area contributed by atoms with Crippen molar-refractivity contribution < 1.29 is 18.4 Å². The summed E-state index contributed by atoms with van der Waals surface area (Å²) in [6.45, 7) is 2.36. The number of pyridine rings is 1. The summed E-state index contributed by atoms with van der Waals surface area (Å²) >= 11 is 0. The van der Waals surface area contributed by atoms with Gasteiger partial charge in [-0.3, -0.25) is 9.78 Å². The second-order valence-corrected chi connectivity index (χ2v) is 5.15. The van der Waals surface area contributed by atoms with Crippen LogP contribution in [0.5, 0.6) is 5.75 Å². The molecule has 3 heterocycles. The second-order valence-electron chi connectivity index (χ2n) is 5.15. The Balaban J connectivity index is 1.91. The van der Waals surface area contributed by atoms with Gasteiger partial charge in [-0.15, -0.1) is 0 Å². The molecule has 3 aromatic rings. The van der Waals surface area contributed by atoms with E-state index < -0.39 is 0 Å². The van der Waals surface area contributed by atoms with Gasteiger partial charge in [-0.2, -0.15) is 0 Å². The number of oxazole rings is 2. The molecule has 124 valence electrons. The van der Waals surface area contributed by atoms with E-state index in [9.17, 15) is 4.79 Å². The summed E-state index contributed by atoms with van der Waals surface area (Å²) < 4.78 is 15.2. The molecule has 0 fully saturated rings. The van der Waals surface area contributed by atoms with E-state index in [1.165, 1.54) is 38.6 Å². The minimum Gasteiger partial charge on any atom is -0.494 e. The number of rotatable bonds is 6. The first kappa shape index (κ1) is 15.7. The zero-order chi connectivity index (χ0) is 16.9. The zero-order valence-electron chi connectivity index (χ0n) is 13.3. The van der Waals surface area contributed by atoms with Crippen LogP contribution in [0.25, 0.3) is 0 Å². The van der Waals surface area contributed by atoms with Gasteiger partial charge in [0.05, 0.1) is 43.3 Å². The minimum atomic E-state index is -0.219. The van der Waals surface area contributed by atoms with Crippen LogP contribution in [-0.4, -0.2) is 32.9 Å². The zero-order valence-corrected chi connectivity index (χ0v) is 13.3. The van der Waals surface area contributed by atoms with Crippen LogP contribution < -0.4 is 4.74 Å². The van der Waals surface area contributed by atoms with Gasteiger partial charge in [-0.1, -0.05) is 0 Å². The molecule has 0 aliphatic rings. The van der Waals surface area contributed by atoms with Gasteiger partial charge in [0.25, 0.3) is 5.91 Å². The Labute approximate surface area is 138 Å². The van der Waals surface area contributed by atoms with Crippen molar-refractivity contribution in [2.24, 2.45) is 0 Å². The molecular formula is C16H16N4O4. The van der Waals surface area contributed by atoms with Crippen molar-refractivity contribution in [3.05, 3.63) is 60.2 Å². The largest absolute Gasteiger partial charge is 0.494 e. The topological polar surface area (TPSA) is 94.5 Å². The molecule has 0 atom stereocenters. The summed E-state index contributed by atoms with van der Waals surface area (Å²) in [5.41, 5.74) is 2.42. The van der Waals surface area contributed by atoms with Crippen molar-refractivity contribution in [2.45, 2.75) is 20.0 Å². The molecule has 0 saturated carbocycles.